The lowest BCUT2D eigenvalue weighted by Gasteiger charge is -2.54. The molecule has 4 nitrogen and oxygen atoms in total. The first-order valence-electron chi connectivity index (χ1n) is 10.2. The van der Waals surface area contributed by atoms with Crippen molar-refractivity contribution in [1.82, 2.24) is 0 Å². The van der Waals surface area contributed by atoms with E-state index >= 15 is 0 Å². The quantitative estimate of drug-likeness (QED) is 0.549. The van der Waals surface area contributed by atoms with Crippen LogP contribution < -0.4 is 0 Å². The Bertz CT molecular complexity index is 493. The van der Waals surface area contributed by atoms with Crippen molar-refractivity contribution in [1.29, 1.82) is 0 Å². The molecular formula is C21H40O4Si. The minimum absolute atomic E-state index is 0.0652. The van der Waals surface area contributed by atoms with Gasteiger partial charge in [-0.25, -0.2) is 0 Å². The maximum Gasteiger partial charge on any atom is 0.192 e. The van der Waals surface area contributed by atoms with Crippen LogP contribution >= 0.6 is 0 Å². The van der Waals surface area contributed by atoms with Crippen molar-refractivity contribution in [3.63, 3.8) is 0 Å². The van der Waals surface area contributed by atoms with Gasteiger partial charge in [-0.3, -0.25) is 0 Å². The predicted octanol–water partition coefficient (Wildman–Crippen LogP) is 4.74. The average molecular weight is 385 g/mol. The third kappa shape index (κ3) is 3.97. The Morgan fingerprint density at radius 3 is 2.38 bits per heavy atom. The summed E-state index contributed by atoms with van der Waals surface area (Å²) in [5, 5.41) is 11.1. The highest BCUT2D eigenvalue weighted by atomic mass is 28.4. The molecule has 0 aliphatic carbocycles. The first kappa shape index (κ1) is 22.1. The van der Waals surface area contributed by atoms with Crippen molar-refractivity contribution in [2.75, 3.05) is 6.61 Å². The van der Waals surface area contributed by atoms with Gasteiger partial charge in [-0.05, 0) is 30.5 Å². The molecule has 2 heterocycles. The van der Waals surface area contributed by atoms with Crippen molar-refractivity contribution >= 4 is 8.32 Å². The molecule has 1 N–H and O–H groups in total. The summed E-state index contributed by atoms with van der Waals surface area (Å²) in [4.78, 5) is 0. The molecule has 0 unspecified atom stereocenters. The zero-order valence-electron chi connectivity index (χ0n) is 18.0. The largest absolute Gasteiger partial charge is 0.411 e. The molecule has 2 saturated heterocycles. The second-order valence-corrected chi connectivity index (χ2v) is 14.7. The molecule has 2 aliphatic heterocycles. The lowest BCUT2D eigenvalue weighted by Crippen LogP contribution is -2.63. The van der Waals surface area contributed by atoms with E-state index in [0.717, 1.165) is 19.4 Å². The number of hydrogen-bond donors (Lipinski definition) is 1. The Balaban J connectivity index is 2.37. The zero-order valence-corrected chi connectivity index (χ0v) is 19.0. The molecule has 7 atom stereocenters. The smallest absolute Gasteiger partial charge is 0.192 e. The maximum absolute atomic E-state index is 11.0. The molecule has 2 fully saturated rings. The van der Waals surface area contributed by atoms with Crippen molar-refractivity contribution in [3.8, 4) is 0 Å². The first-order valence-corrected chi connectivity index (χ1v) is 13.1. The van der Waals surface area contributed by atoms with E-state index in [1.54, 1.807) is 6.08 Å². The second-order valence-electron chi connectivity index (χ2n) is 9.92. The van der Waals surface area contributed by atoms with Crippen LogP contribution in [0.4, 0.5) is 0 Å². The molecule has 1 spiro atoms. The van der Waals surface area contributed by atoms with Crippen LogP contribution in [0, 0.1) is 17.8 Å². The molecule has 26 heavy (non-hydrogen) atoms. The summed E-state index contributed by atoms with van der Waals surface area (Å²) < 4.78 is 19.5. The molecule has 0 aromatic heterocycles. The van der Waals surface area contributed by atoms with Gasteiger partial charge in [-0.2, -0.15) is 0 Å². The van der Waals surface area contributed by atoms with Gasteiger partial charge in [0, 0.05) is 18.3 Å². The van der Waals surface area contributed by atoms with Gasteiger partial charge in [0.05, 0.1) is 18.8 Å². The predicted molar refractivity (Wildman–Crippen MR) is 109 cm³/mol. The van der Waals surface area contributed by atoms with E-state index in [1.165, 1.54) is 0 Å². The Kier molecular flexibility index (Phi) is 6.51. The molecule has 2 aliphatic rings. The van der Waals surface area contributed by atoms with Gasteiger partial charge in [0.15, 0.2) is 14.1 Å². The molecule has 152 valence electrons. The van der Waals surface area contributed by atoms with Crippen LogP contribution in [-0.4, -0.2) is 44.1 Å². The minimum atomic E-state index is -2.01. The number of hydrogen-bond acceptors (Lipinski definition) is 4. The number of aliphatic hydroxyl groups excluding tert-OH is 1. The number of ether oxygens (including phenoxy) is 2. The van der Waals surface area contributed by atoms with Gasteiger partial charge in [0.1, 0.15) is 6.10 Å². The molecule has 0 radical (unpaired) electrons. The Labute approximate surface area is 161 Å². The highest BCUT2D eigenvalue weighted by Gasteiger charge is 2.57. The van der Waals surface area contributed by atoms with Crippen LogP contribution in [0.3, 0.4) is 0 Å². The van der Waals surface area contributed by atoms with Crippen LogP contribution in [0.2, 0.25) is 18.1 Å². The molecule has 2 rings (SSSR count). The molecule has 0 bridgehead atoms. The SMILES string of the molecule is C=C[C@@H](C)[C@H](O)[C@@H]1O[C@]2(CCCO2)[C@@H](C)[C@H](C)[C@H]1O[Si](C)(C)C(C)(C)C. The Hall–Kier alpha value is -0.203. The normalized spacial score (nSPS) is 38.3. The third-order valence-electron chi connectivity index (χ3n) is 7.16. The van der Waals surface area contributed by atoms with E-state index in [9.17, 15) is 5.11 Å². The summed E-state index contributed by atoms with van der Waals surface area (Å²) in [6, 6.07) is 0. The first-order chi connectivity index (χ1) is 11.9. The number of rotatable bonds is 5. The third-order valence-corrected chi connectivity index (χ3v) is 11.6. The molecular weight excluding hydrogens is 344 g/mol. The molecule has 0 aromatic rings. The fourth-order valence-corrected chi connectivity index (χ4v) is 5.25. The van der Waals surface area contributed by atoms with E-state index in [-0.39, 0.29) is 28.9 Å². The molecule has 0 amide bonds. The van der Waals surface area contributed by atoms with Gasteiger partial charge in [-0.1, -0.05) is 47.6 Å². The van der Waals surface area contributed by atoms with Crippen LogP contribution in [0.15, 0.2) is 12.7 Å². The van der Waals surface area contributed by atoms with Crippen LogP contribution in [0.5, 0.6) is 0 Å². The lowest BCUT2D eigenvalue weighted by atomic mass is 9.76. The van der Waals surface area contributed by atoms with Crippen LogP contribution in [0.25, 0.3) is 0 Å². The Morgan fingerprint density at radius 1 is 1.31 bits per heavy atom. The standard InChI is InChI=1S/C21H40O4Si/c1-10-14(2)17(22)19-18(25-26(8,9)20(5,6)7)15(3)16(4)21(24-19)12-11-13-23-21/h10,14-19,22H,1,11-13H2,2-9H3/t14-,15+,16+,17+,18-,19+,21-/m1/s1. The van der Waals surface area contributed by atoms with E-state index in [1.807, 2.05) is 6.92 Å². The molecule has 0 saturated carbocycles. The summed E-state index contributed by atoms with van der Waals surface area (Å²) >= 11 is 0. The van der Waals surface area contributed by atoms with Gasteiger partial charge in [-0.15, -0.1) is 6.58 Å². The molecule has 5 heteroatoms. The second kappa shape index (κ2) is 7.67. The minimum Gasteiger partial charge on any atom is -0.411 e. The van der Waals surface area contributed by atoms with E-state index < -0.39 is 26.3 Å². The monoisotopic (exact) mass is 384 g/mol. The lowest BCUT2D eigenvalue weighted by molar-refractivity contribution is -0.331. The van der Waals surface area contributed by atoms with Gasteiger partial charge in [0.25, 0.3) is 0 Å². The topological polar surface area (TPSA) is 47.9 Å². The summed E-state index contributed by atoms with van der Waals surface area (Å²) in [7, 11) is -2.01. The van der Waals surface area contributed by atoms with Crippen molar-refractivity contribution in [3.05, 3.63) is 12.7 Å². The summed E-state index contributed by atoms with van der Waals surface area (Å²) in [5.41, 5.74) is 0. The van der Waals surface area contributed by atoms with E-state index in [4.69, 9.17) is 13.9 Å². The highest BCUT2D eigenvalue weighted by molar-refractivity contribution is 6.74. The van der Waals surface area contributed by atoms with E-state index in [0.29, 0.717) is 0 Å². The fourth-order valence-electron chi connectivity index (χ4n) is 3.87. The van der Waals surface area contributed by atoms with Crippen molar-refractivity contribution in [2.24, 2.45) is 17.8 Å². The van der Waals surface area contributed by atoms with Crippen molar-refractivity contribution in [2.45, 2.75) is 96.6 Å². The maximum atomic E-state index is 11.0. The van der Waals surface area contributed by atoms with Gasteiger partial charge >= 0.3 is 0 Å². The van der Waals surface area contributed by atoms with Crippen molar-refractivity contribution < 1.29 is 19.0 Å². The van der Waals surface area contributed by atoms with Crippen LogP contribution in [0.1, 0.15) is 54.4 Å². The fraction of sp³-hybridized carbons (Fsp3) is 0.905. The summed E-state index contributed by atoms with van der Waals surface area (Å²) in [6.07, 6.45) is 2.49. The van der Waals surface area contributed by atoms with Gasteiger partial charge < -0.3 is 19.0 Å². The zero-order chi connectivity index (χ0) is 19.9. The van der Waals surface area contributed by atoms with Crippen LogP contribution in [-0.2, 0) is 13.9 Å². The number of aliphatic hydroxyl groups is 1. The average Bonchev–Trinajstić information content (AvgIpc) is 3.02. The highest BCUT2D eigenvalue weighted by Crippen LogP contribution is 2.49. The summed E-state index contributed by atoms with van der Waals surface area (Å²) in [6.45, 7) is 22.3. The summed E-state index contributed by atoms with van der Waals surface area (Å²) in [5.74, 6) is -0.182. The molecule has 0 aromatic carbocycles. The van der Waals surface area contributed by atoms with Gasteiger partial charge in [0.2, 0.25) is 0 Å². The van der Waals surface area contributed by atoms with E-state index in [2.05, 4.69) is 54.3 Å². The Morgan fingerprint density at radius 2 is 1.92 bits per heavy atom.